The molecule has 12 nitrogen and oxygen atoms in total. The van der Waals surface area contributed by atoms with Gasteiger partial charge in [0.15, 0.2) is 12.4 Å². The van der Waals surface area contributed by atoms with Crippen LogP contribution < -0.4 is 14.8 Å². The Morgan fingerprint density at radius 2 is 1.57 bits per heavy atom. The second-order valence-electron chi connectivity index (χ2n) is 11.7. The number of sulfonamides is 1. The fourth-order valence-electron chi connectivity index (χ4n) is 5.29. The van der Waals surface area contributed by atoms with Crippen molar-refractivity contribution < 1.29 is 22.8 Å². The van der Waals surface area contributed by atoms with Crippen molar-refractivity contribution in [3.8, 4) is 28.5 Å². The largest absolute Gasteiger partial charge is 0.484 e. The maximum Gasteiger partial charge on any atom is 0.264 e. The molecule has 1 unspecified atom stereocenters. The molecular formula is C38H33N7O5S. The molecule has 3 N–H and O–H groups in total. The molecule has 0 aliphatic heterocycles. The summed E-state index contributed by atoms with van der Waals surface area (Å²) in [5.41, 5.74) is 4.57. The van der Waals surface area contributed by atoms with Gasteiger partial charge in [-0.1, -0.05) is 41.6 Å². The number of rotatable bonds is 14. The lowest BCUT2D eigenvalue weighted by Gasteiger charge is -2.12. The van der Waals surface area contributed by atoms with Crippen molar-refractivity contribution in [3.63, 3.8) is 0 Å². The van der Waals surface area contributed by atoms with E-state index in [0.29, 0.717) is 48.2 Å². The average Bonchev–Trinajstić information content (AvgIpc) is 3.66. The van der Waals surface area contributed by atoms with Gasteiger partial charge in [0.25, 0.3) is 15.9 Å². The predicted molar refractivity (Wildman–Crippen MR) is 192 cm³/mol. The molecule has 7 rings (SSSR count). The highest BCUT2D eigenvalue weighted by atomic mass is 32.2. The van der Waals surface area contributed by atoms with Crippen LogP contribution in [-0.2, 0) is 23.1 Å². The lowest BCUT2D eigenvalue weighted by Crippen LogP contribution is -2.23. The van der Waals surface area contributed by atoms with Crippen molar-refractivity contribution in [2.75, 3.05) is 17.8 Å². The van der Waals surface area contributed by atoms with Crippen molar-refractivity contribution in [2.45, 2.75) is 24.0 Å². The van der Waals surface area contributed by atoms with E-state index < -0.39 is 16.1 Å². The SMILES string of the molecule is O=S(=O)(Nc1ccc(CCNCC(O)c2cccnc2)cc1)c1ccc(-c2noc(COc3ccc(-c4ncc5ccccc5n4)cc3)n2)cc1. The third-order valence-corrected chi connectivity index (χ3v) is 9.46. The Kier molecular flexibility index (Phi) is 10.0. The Balaban J connectivity index is 0.888. The van der Waals surface area contributed by atoms with Crippen LogP contribution in [0, 0.1) is 0 Å². The molecule has 3 aromatic heterocycles. The number of para-hydroxylation sites is 1. The van der Waals surface area contributed by atoms with Crippen molar-refractivity contribution in [1.29, 1.82) is 0 Å². The Morgan fingerprint density at radius 1 is 0.804 bits per heavy atom. The zero-order valence-electron chi connectivity index (χ0n) is 27.3. The first-order valence-corrected chi connectivity index (χ1v) is 17.7. The van der Waals surface area contributed by atoms with Crippen molar-refractivity contribution in [1.82, 2.24) is 30.4 Å². The number of ether oxygens (including phenoxy) is 1. The van der Waals surface area contributed by atoms with E-state index in [9.17, 15) is 13.5 Å². The number of aliphatic hydroxyl groups is 1. The molecule has 7 aromatic rings. The summed E-state index contributed by atoms with van der Waals surface area (Å²) in [5, 5.41) is 18.5. The summed E-state index contributed by atoms with van der Waals surface area (Å²) < 4.78 is 40.0. The minimum absolute atomic E-state index is 0.0554. The highest BCUT2D eigenvalue weighted by molar-refractivity contribution is 7.92. The average molecular weight is 700 g/mol. The van der Waals surface area contributed by atoms with Gasteiger partial charge in [0.1, 0.15) is 5.75 Å². The van der Waals surface area contributed by atoms with Crippen LogP contribution in [0.3, 0.4) is 0 Å². The smallest absolute Gasteiger partial charge is 0.264 e. The van der Waals surface area contributed by atoms with Gasteiger partial charge in [-0.15, -0.1) is 0 Å². The molecule has 0 bridgehead atoms. The molecule has 4 aromatic carbocycles. The molecule has 256 valence electrons. The highest BCUT2D eigenvalue weighted by Gasteiger charge is 2.16. The van der Waals surface area contributed by atoms with E-state index >= 15 is 0 Å². The molecule has 0 saturated heterocycles. The van der Waals surface area contributed by atoms with E-state index in [0.717, 1.165) is 27.6 Å². The van der Waals surface area contributed by atoms with E-state index in [4.69, 9.17) is 9.26 Å². The first-order valence-electron chi connectivity index (χ1n) is 16.2. The molecule has 0 radical (unpaired) electrons. The van der Waals surface area contributed by atoms with Gasteiger partial charge in [0.2, 0.25) is 5.82 Å². The molecule has 0 spiro atoms. The second-order valence-corrected chi connectivity index (χ2v) is 13.3. The number of nitrogens with zero attached hydrogens (tertiary/aromatic N) is 5. The van der Waals surface area contributed by atoms with Crippen molar-refractivity contribution in [2.24, 2.45) is 0 Å². The highest BCUT2D eigenvalue weighted by Crippen LogP contribution is 2.24. The number of anilines is 1. The van der Waals surface area contributed by atoms with Crippen LogP contribution in [0.5, 0.6) is 5.75 Å². The third kappa shape index (κ3) is 8.41. The summed E-state index contributed by atoms with van der Waals surface area (Å²) in [4.78, 5) is 17.6. The molecule has 1 atom stereocenters. The van der Waals surface area contributed by atoms with Gasteiger partial charge in [-0.2, -0.15) is 4.98 Å². The maximum absolute atomic E-state index is 13.1. The van der Waals surface area contributed by atoms with Crippen LogP contribution in [0.15, 0.2) is 137 Å². The van der Waals surface area contributed by atoms with Gasteiger partial charge in [0, 0.05) is 52.9 Å². The van der Waals surface area contributed by atoms with E-state index in [-0.39, 0.29) is 17.4 Å². The van der Waals surface area contributed by atoms with E-state index in [1.54, 1.807) is 48.9 Å². The number of hydrogen-bond donors (Lipinski definition) is 3. The normalized spacial score (nSPS) is 12.1. The topological polar surface area (TPSA) is 165 Å². The van der Waals surface area contributed by atoms with Gasteiger partial charge in [-0.05, 0) is 91.3 Å². The number of benzene rings is 4. The minimum atomic E-state index is -3.83. The van der Waals surface area contributed by atoms with Gasteiger partial charge in [0.05, 0.1) is 16.5 Å². The third-order valence-electron chi connectivity index (χ3n) is 8.06. The first-order chi connectivity index (χ1) is 24.9. The summed E-state index contributed by atoms with van der Waals surface area (Å²) in [5.74, 6) is 1.82. The lowest BCUT2D eigenvalue weighted by molar-refractivity contribution is 0.174. The molecule has 0 saturated carbocycles. The quantitative estimate of drug-likeness (QED) is 0.114. The van der Waals surface area contributed by atoms with Crippen LogP contribution in [0.4, 0.5) is 5.69 Å². The van der Waals surface area contributed by atoms with Gasteiger partial charge >= 0.3 is 0 Å². The summed E-state index contributed by atoms with van der Waals surface area (Å²) in [7, 11) is -3.83. The summed E-state index contributed by atoms with van der Waals surface area (Å²) >= 11 is 0. The number of pyridine rings is 1. The summed E-state index contributed by atoms with van der Waals surface area (Å²) in [6, 6.07) is 32.3. The minimum Gasteiger partial charge on any atom is -0.484 e. The van der Waals surface area contributed by atoms with E-state index in [2.05, 4.69) is 35.1 Å². The van der Waals surface area contributed by atoms with Crippen LogP contribution in [-0.4, -0.2) is 51.7 Å². The molecule has 51 heavy (non-hydrogen) atoms. The number of nitrogens with one attached hydrogen (secondary N) is 2. The van der Waals surface area contributed by atoms with Crippen molar-refractivity contribution in [3.05, 3.63) is 145 Å². The Labute approximate surface area is 294 Å². The number of fused-ring (bicyclic) bond motifs is 1. The van der Waals surface area contributed by atoms with Crippen LogP contribution in [0.2, 0.25) is 0 Å². The molecule has 13 heteroatoms. The zero-order chi connectivity index (χ0) is 35.0. The molecule has 0 fully saturated rings. The number of hydrogen-bond acceptors (Lipinski definition) is 11. The monoisotopic (exact) mass is 699 g/mol. The van der Waals surface area contributed by atoms with Gasteiger partial charge < -0.3 is 19.7 Å². The fraction of sp³-hybridized carbons (Fsp3) is 0.132. The predicted octanol–water partition coefficient (Wildman–Crippen LogP) is 5.99. The zero-order valence-corrected chi connectivity index (χ0v) is 28.1. The van der Waals surface area contributed by atoms with Crippen LogP contribution in [0.1, 0.15) is 23.1 Å². The van der Waals surface area contributed by atoms with E-state index in [1.807, 2.05) is 66.7 Å². The van der Waals surface area contributed by atoms with Crippen LogP contribution >= 0.6 is 0 Å². The Morgan fingerprint density at radius 3 is 2.35 bits per heavy atom. The fourth-order valence-corrected chi connectivity index (χ4v) is 6.35. The van der Waals surface area contributed by atoms with E-state index in [1.165, 1.54) is 12.1 Å². The summed E-state index contributed by atoms with van der Waals surface area (Å²) in [6.45, 7) is 1.12. The Hall–Kier alpha value is -6.02. The maximum atomic E-state index is 13.1. The lowest BCUT2D eigenvalue weighted by atomic mass is 10.1. The first kappa shape index (κ1) is 33.5. The number of aromatic nitrogens is 5. The standard InChI is InChI=1S/C38H33N7O5S/c46-35(30-5-3-20-39-22-30)24-40-21-19-26-7-13-31(14-8-26)45-51(47,48)33-17-11-28(12-18-33)38-43-36(50-44-38)25-49-32-15-9-27(10-16-32)37-41-23-29-4-1-2-6-34(29)42-37/h1-18,20,22-23,35,40,45-46H,19,21,24-25H2. The van der Waals surface area contributed by atoms with Crippen molar-refractivity contribution >= 4 is 26.6 Å². The number of aliphatic hydroxyl groups excluding tert-OH is 1. The van der Waals surface area contributed by atoms with Gasteiger partial charge in [-0.25, -0.2) is 18.4 Å². The molecular weight excluding hydrogens is 667 g/mol. The molecule has 0 amide bonds. The molecule has 0 aliphatic carbocycles. The second kappa shape index (κ2) is 15.3. The summed E-state index contributed by atoms with van der Waals surface area (Å²) in [6.07, 6.45) is 5.20. The van der Waals surface area contributed by atoms with Crippen LogP contribution in [0.25, 0.3) is 33.7 Å². The van der Waals surface area contributed by atoms with Gasteiger partial charge in [-0.3, -0.25) is 9.71 Å². The molecule has 3 heterocycles. The Bertz CT molecular complexity index is 2320. The molecule has 0 aliphatic rings.